The van der Waals surface area contributed by atoms with Crippen LogP contribution in [-0.2, 0) is 16.0 Å². The summed E-state index contributed by atoms with van der Waals surface area (Å²) in [7, 11) is 3.19. The van der Waals surface area contributed by atoms with Crippen LogP contribution in [0.4, 0.5) is 0 Å². The van der Waals surface area contributed by atoms with E-state index in [0.29, 0.717) is 12.3 Å². The summed E-state index contributed by atoms with van der Waals surface area (Å²) in [6.07, 6.45) is 5.28. The normalized spacial score (nSPS) is 17.5. The van der Waals surface area contributed by atoms with E-state index in [-0.39, 0.29) is 18.6 Å². The molecule has 0 bridgehead atoms. The molecule has 1 aliphatic heterocycles. The summed E-state index contributed by atoms with van der Waals surface area (Å²) in [5, 5.41) is 0. The van der Waals surface area contributed by atoms with E-state index < -0.39 is 0 Å². The molecule has 0 spiro atoms. The fourth-order valence-corrected chi connectivity index (χ4v) is 3.29. The number of likely N-dealkylation sites (tertiary alicyclic amines) is 1. The lowest BCUT2D eigenvalue weighted by Gasteiger charge is -2.33. The maximum Gasteiger partial charge on any atom is 0.249 e. The lowest BCUT2D eigenvalue weighted by Crippen LogP contribution is -2.40. The van der Waals surface area contributed by atoms with Crippen molar-refractivity contribution in [2.75, 3.05) is 27.4 Å². The molecule has 1 unspecified atom stereocenters. The first-order valence-corrected chi connectivity index (χ1v) is 8.58. The number of methoxy groups -OCH3 is 2. The number of nitrogens with zero attached hydrogens (tertiary/aromatic N) is 2. The number of rotatable bonds is 6. The molecule has 2 heterocycles. The van der Waals surface area contributed by atoms with Gasteiger partial charge in [0.25, 0.3) is 0 Å². The highest BCUT2D eigenvalue weighted by Crippen LogP contribution is 2.31. The predicted octanol–water partition coefficient (Wildman–Crippen LogP) is 2.97. The van der Waals surface area contributed by atoms with Crippen molar-refractivity contribution < 1.29 is 18.7 Å². The van der Waals surface area contributed by atoms with E-state index in [1.54, 1.807) is 13.3 Å². The molecule has 1 aromatic carbocycles. The van der Waals surface area contributed by atoms with Gasteiger partial charge in [-0.3, -0.25) is 4.79 Å². The van der Waals surface area contributed by atoms with E-state index in [1.807, 2.05) is 29.2 Å². The molecular formula is C19H24N2O4. The first-order chi connectivity index (χ1) is 12.2. The molecule has 2 aromatic rings. The number of oxazole rings is 1. The SMILES string of the molecule is COCC(=O)N1CCCCC1c1ncc(Cc2ccccc2OC)o1. The number of amides is 1. The van der Waals surface area contributed by atoms with Crippen molar-refractivity contribution >= 4 is 5.91 Å². The van der Waals surface area contributed by atoms with Crippen LogP contribution in [0, 0.1) is 0 Å². The Morgan fingerprint density at radius 1 is 1.32 bits per heavy atom. The topological polar surface area (TPSA) is 64.8 Å². The monoisotopic (exact) mass is 344 g/mol. The average Bonchev–Trinajstić information content (AvgIpc) is 3.11. The van der Waals surface area contributed by atoms with Crippen LogP contribution >= 0.6 is 0 Å². The number of piperidine rings is 1. The van der Waals surface area contributed by atoms with E-state index in [2.05, 4.69) is 4.98 Å². The summed E-state index contributed by atoms with van der Waals surface area (Å²) in [5.41, 5.74) is 1.05. The van der Waals surface area contributed by atoms with Crippen molar-refractivity contribution in [1.82, 2.24) is 9.88 Å². The molecule has 0 aliphatic carbocycles. The second-order valence-electron chi connectivity index (χ2n) is 6.19. The van der Waals surface area contributed by atoms with Crippen LogP contribution in [0.1, 0.15) is 42.5 Å². The molecule has 1 saturated heterocycles. The number of hydrogen-bond donors (Lipinski definition) is 0. The van der Waals surface area contributed by atoms with Crippen LogP contribution < -0.4 is 4.74 Å². The minimum atomic E-state index is -0.109. The lowest BCUT2D eigenvalue weighted by molar-refractivity contribution is -0.139. The summed E-state index contributed by atoms with van der Waals surface area (Å²) in [6, 6.07) is 7.74. The van der Waals surface area contributed by atoms with E-state index in [0.717, 1.165) is 42.9 Å². The zero-order chi connectivity index (χ0) is 17.6. The maximum absolute atomic E-state index is 12.3. The van der Waals surface area contributed by atoms with Gasteiger partial charge in [0.2, 0.25) is 11.8 Å². The molecular weight excluding hydrogens is 320 g/mol. The van der Waals surface area contributed by atoms with Crippen molar-refractivity contribution in [2.24, 2.45) is 0 Å². The molecule has 3 rings (SSSR count). The van der Waals surface area contributed by atoms with Crippen LogP contribution in [0.25, 0.3) is 0 Å². The highest BCUT2D eigenvalue weighted by molar-refractivity contribution is 5.77. The summed E-state index contributed by atoms with van der Waals surface area (Å²) >= 11 is 0. The highest BCUT2D eigenvalue weighted by Gasteiger charge is 2.31. The van der Waals surface area contributed by atoms with E-state index >= 15 is 0 Å². The number of carbonyl (C=O) groups excluding carboxylic acids is 1. The standard InChI is InChI=1S/C19H24N2O4/c1-23-13-18(22)21-10-6-5-8-16(21)19-20-12-15(25-19)11-14-7-3-4-9-17(14)24-2/h3-4,7,9,12,16H,5-6,8,10-11,13H2,1-2H3. The van der Waals surface area contributed by atoms with Gasteiger partial charge in [-0.05, 0) is 25.3 Å². The Hall–Kier alpha value is -2.34. The number of carbonyl (C=O) groups is 1. The van der Waals surface area contributed by atoms with E-state index in [9.17, 15) is 4.79 Å². The average molecular weight is 344 g/mol. The van der Waals surface area contributed by atoms with Crippen molar-refractivity contribution in [3.63, 3.8) is 0 Å². The molecule has 1 fully saturated rings. The van der Waals surface area contributed by atoms with Crippen LogP contribution in [0.3, 0.4) is 0 Å². The van der Waals surface area contributed by atoms with Gasteiger partial charge in [0.05, 0.1) is 13.3 Å². The van der Waals surface area contributed by atoms with Crippen molar-refractivity contribution in [3.8, 4) is 5.75 Å². The van der Waals surface area contributed by atoms with Gasteiger partial charge in [-0.2, -0.15) is 0 Å². The quantitative estimate of drug-likeness (QED) is 0.806. The zero-order valence-corrected chi connectivity index (χ0v) is 14.7. The molecule has 1 aliphatic rings. The van der Waals surface area contributed by atoms with Crippen LogP contribution in [0.2, 0.25) is 0 Å². The van der Waals surface area contributed by atoms with E-state index in [1.165, 1.54) is 7.11 Å². The van der Waals surface area contributed by atoms with Crippen molar-refractivity contribution in [2.45, 2.75) is 31.7 Å². The van der Waals surface area contributed by atoms with Crippen molar-refractivity contribution in [1.29, 1.82) is 0 Å². The Labute approximate surface area is 147 Å². The molecule has 0 saturated carbocycles. The maximum atomic E-state index is 12.3. The number of para-hydroxylation sites is 1. The second-order valence-corrected chi connectivity index (χ2v) is 6.19. The Morgan fingerprint density at radius 2 is 2.16 bits per heavy atom. The van der Waals surface area contributed by atoms with Gasteiger partial charge in [-0.1, -0.05) is 18.2 Å². The van der Waals surface area contributed by atoms with Gasteiger partial charge in [0.1, 0.15) is 24.2 Å². The number of aromatic nitrogens is 1. The summed E-state index contributed by atoms with van der Waals surface area (Å²) in [6.45, 7) is 0.808. The third-order valence-corrected chi connectivity index (χ3v) is 4.50. The van der Waals surface area contributed by atoms with Gasteiger partial charge in [-0.25, -0.2) is 4.98 Å². The minimum Gasteiger partial charge on any atom is -0.496 e. The fourth-order valence-electron chi connectivity index (χ4n) is 3.29. The molecule has 6 nitrogen and oxygen atoms in total. The summed E-state index contributed by atoms with van der Waals surface area (Å²) in [4.78, 5) is 18.5. The first-order valence-electron chi connectivity index (χ1n) is 8.58. The molecule has 25 heavy (non-hydrogen) atoms. The number of ether oxygens (including phenoxy) is 2. The van der Waals surface area contributed by atoms with Gasteiger partial charge < -0.3 is 18.8 Å². The Balaban J connectivity index is 1.76. The molecule has 1 atom stereocenters. The van der Waals surface area contributed by atoms with Crippen LogP contribution in [-0.4, -0.2) is 43.2 Å². The van der Waals surface area contributed by atoms with Crippen LogP contribution in [0.15, 0.2) is 34.9 Å². The fraction of sp³-hybridized carbons (Fsp3) is 0.474. The van der Waals surface area contributed by atoms with Gasteiger partial charge >= 0.3 is 0 Å². The Bertz CT molecular complexity index is 713. The van der Waals surface area contributed by atoms with Gasteiger partial charge in [0.15, 0.2) is 0 Å². The number of hydrogen-bond acceptors (Lipinski definition) is 5. The highest BCUT2D eigenvalue weighted by atomic mass is 16.5. The second kappa shape index (κ2) is 8.16. The van der Waals surface area contributed by atoms with E-state index in [4.69, 9.17) is 13.9 Å². The largest absolute Gasteiger partial charge is 0.496 e. The lowest BCUT2D eigenvalue weighted by atomic mass is 10.0. The van der Waals surface area contributed by atoms with Gasteiger partial charge in [0, 0.05) is 25.6 Å². The third kappa shape index (κ3) is 4.02. The smallest absolute Gasteiger partial charge is 0.249 e. The van der Waals surface area contributed by atoms with Crippen LogP contribution in [0.5, 0.6) is 5.75 Å². The predicted molar refractivity (Wildman–Crippen MR) is 92.5 cm³/mol. The minimum absolute atomic E-state index is 0.0170. The summed E-state index contributed by atoms with van der Waals surface area (Å²) in [5.74, 6) is 2.19. The molecule has 1 aromatic heterocycles. The summed E-state index contributed by atoms with van der Waals surface area (Å²) < 4.78 is 16.4. The van der Waals surface area contributed by atoms with Gasteiger partial charge in [-0.15, -0.1) is 0 Å². The molecule has 0 radical (unpaired) electrons. The molecule has 1 amide bonds. The molecule has 134 valence electrons. The molecule has 0 N–H and O–H groups in total. The Kier molecular flexibility index (Phi) is 5.71. The first kappa shape index (κ1) is 17.5. The number of benzene rings is 1. The molecule has 6 heteroatoms. The third-order valence-electron chi connectivity index (χ3n) is 4.50. The Morgan fingerprint density at radius 3 is 2.96 bits per heavy atom. The zero-order valence-electron chi connectivity index (χ0n) is 14.7. The van der Waals surface area contributed by atoms with Crippen molar-refractivity contribution in [3.05, 3.63) is 47.7 Å².